The van der Waals surface area contributed by atoms with Crippen LogP contribution in [0, 0.1) is 5.92 Å². The van der Waals surface area contributed by atoms with E-state index in [0.717, 1.165) is 32.2 Å². The zero-order valence-corrected chi connectivity index (χ0v) is 10.8. The first-order chi connectivity index (χ1) is 8.69. The van der Waals surface area contributed by atoms with E-state index in [0.29, 0.717) is 6.54 Å². The molecular weight excluding hydrogens is 230 g/mol. The van der Waals surface area contributed by atoms with Gasteiger partial charge in [0.2, 0.25) is 0 Å². The number of hydrogen-bond acceptors (Lipinski definition) is 3. The van der Waals surface area contributed by atoms with Crippen molar-refractivity contribution in [3.63, 3.8) is 0 Å². The molecule has 100 valence electrons. The van der Waals surface area contributed by atoms with E-state index in [1.165, 1.54) is 0 Å². The highest BCUT2D eigenvalue weighted by molar-refractivity contribution is 5.79. The Hall–Kier alpha value is -1.36. The average Bonchev–Trinajstić information content (AvgIpc) is 2.96. The van der Waals surface area contributed by atoms with E-state index in [2.05, 4.69) is 10.3 Å². The molecule has 1 heterocycles. The molecule has 2 rings (SSSR count). The van der Waals surface area contributed by atoms with E-state index in [4.69, 9.17) is 0 Å². The largest absolute Gasteiger partial charge is 0.480 e. The predicted molar refractivity (Wildman–Crippen MR) is 68.2 cm³/mol. The molecule has 1 aliphatic rings. The van der Waals surface area contributed by atoms with Gasteiger partial charge in [0.15, 0.2) is 0 Å². The van der Waals surface area contributed by atoms with E-state index >= 15 is 0 Å². The number of carboxylic acids is 1. The van der Waals surface area contributed by atoms with Crippen LogP contribution in [0.5, 0.6) is 0 Å². The first-order valence-electron chi connectivity index (χ1n) is 6.63. The first kappa shape index (κ1) is 13.1. The van der Waals surface area contributed by atoms with E-state index in [-0.39, 0.29) is 5.92 Å². The molecule has 1 saturated carbocycles. The van der Waals surface area contributed by atoms with Gasteiger partial charge in [-0.1, -0.05) is 13.3 Å². The average molecular weight is 251 g/mol. The molecule has 0 aliphatic heterocycles. The first-order valence-corrected chi connectivity index (χ1v) is 6.63. The Morgan fingerprint density at radius 3 is 3.11 bits per heavy atom. The van der Waals surface area contributed by atoms with Crippen molar-refractivity contribution < 1.29 is 9.90 Å². The van der Waals surface area contributed by atoms with Gasteiger partial charge in [-0.05, 0) is 31.7 Å². The van der Waals surface area contributed by atoms with Gasteiger partial charge in [0.25, 0.3) is 0 Å². The van der Waals surface area contributed by atoms with Crippen molar-refractivity contribution >= 4 is 5.97 Å². The summed E-state index contributed by atoms with van der Waals surface area (Å²) in [6, 6.07) is 0. The lowest BCUT2D eigenvalue weighted by Crippen LogP contribution is -2.54. The van der Waals surface area contributed by atoms with Crippen LogP contribution in [0.3, 0.4) is 0 Å². The Labute approximate surface area is 107 Å². The summed E-state index contributed by atoms with van der Waals surface area (Å²) in [7, 11) is 0. The second-order valence-corrected chi connectivity index (χ2v) is 4.99. The minimum Gasteiger partial charge on any atom is -0.480 e. The third kappa shape index (κ3) is 2.41. The monoisotopic (exact) mass is 251 g/mol. The van der Waals surface area contributed by atoms with Gasteiger partial charge < -0.3 is 15.0 Å². The maximum Gasteiger partial charge on any atom is 0.324 e. The van der Waals surface area contributed by atoms with Crippen molar-refractivity contribution in [3.8, 4) is 0 Å². The zero-order chi connectivity index (χ0) is 13.0. The Bertz CT molecular complexity index is 391. The van der Waals surface area contributed by atoms with Crippen LogP contribution in [0.1, 0.15) is 32.6 Å². The molecule has 1 aromatic heterocycles. The van der Waals surface area contributed by atoms with Crippen LogP contribution in [-0.4, -0.2) is 32.7 Å². The lowest BCUT2D eigenvalue weighted by Gasteiger charge is -2.32. The van der Waals surface area contributed by atoms with Crippen LogP contribution in [-0.2, 0) is 11.3 Å². The molecule has 5 nitrogen and oxygen atoms in total. The van der Waals surface area contributed by atoms with Gasteiger partial charge in [0.1, 0.15) is 5.54 Å². The highest BCUT2D eigenvalue weighted by Crippen LogP contribution is 2.38. The van der Waals surface area contributed by atoms with Gasteiger partial charge in [-0.3, -0.25) is 4.79 Å². The molecule has 0 amide bonds. The molecule has 18 heavy (non-hydrogen) atoms. The summed E-state index contributed by atoms with van der Waals surface area (Å²) in [6.07, 6.45) is 9.07. The molecule has 0 aromatic carbocycles. The second-order valence-electron chi connectivity index (χ2n) is 4.99. The van der Waals surface area contributed by atoms with Crippen molar-refractivity contribution in [2.24, 2.45) is 5.92 Å². The molecule has 2 unspecified atom stereocenters. The van der Waals surface area contributed by atoms with Crippen molar-refractivity contribution in [1.82, 2.24) is 14.9 Å². The second kappa shape index (κ2) is 5.52. The number of aliphatic carboxylic acids is 1. The number of hydrogen-bond donors (Lipinski definition) is 2. The highest BCUT2D eigenvalue weighted by Gasteiger charge is 2.48. The van der Waals surface area contributed by atoms with Crippen LogP contribution in [0.2, 0.25) is 0 Å². The predicted octanol–water partition coefficient (Wildman–Crippen LogP) is 1.51. The summed E-state index contributed by atoms with van der Waals surface area (Å²) in [5, 5.41) is 12.8. The molecule has 2 atom stereocenters. The van der Waals surface area contributed by atoms with Gasteiger partial charge >= 0.3 is 5.97 Å². The Kier molecular flexibility index (Phi) is 4.01. The van der Waals surface area contributed by atoms with Gasteiger partial charge in [-0.2, -0.15) is 0 Å². The van der Waals surface area contributed by atoms with E-state index in [9.17, 15) is 9.90 Å². The van der Waals surface area contributed by atoms with Gasteiger partial charge in [0, 0.05) is 18.9 Å². The number of aryl methyl sites for hydroxylation is 1. The van der Waals surface area contributed by atoms with Crippen molar-refractivity contribution in [1.29, 1.82) is 0 Å². The number of carboxylic acid groups (broad SMARTS) is 1. The summed E-state index contributed by atoms with van der Waals surface area (Å²) in [6.45, 7) is 3.51. The summed E-state index contributed by atoms with van der Waals surface area (Å²) in [4.78, 5) is 15.6. The van der Waals surface area contributed by atoms with Crippen LogP contribution >= 0.6 is 0 Å². The van der Waals surface area contributed by atoms with Gasteiger partial charge in [-0.25, -0.2) is 4.98 Å². The van der Waals surface area contributed by atoms with E-state index in [1.807, 2.05) is 17.7 Å². The number of nitrogens with one attached hydrogen (secondary N) is 1. The van der Waals surface area contributed by atoms with Crippen LogP contribution in [0.15, 0.2) is 18.7 Å². The summed E-state index contributed by atoms with van der Waals surface area (Å²) < 4.78 is 2.01. The Balaban J connectivity index is 2.03. The number of nitrogens with zero attached hydrogens (tertiary/aromatic N) is 2. The zero-order valence-electron chi connectivity index (χ0n) is 10.8. The molecule has 0 saturated heterocycles. The van der Waals surface area contributed by atoms with E-state index in [1.54, 1.807) is 12.5 Å². The summed E-state index contributed by atoms with van der Waals surface area (Å²) in [5.74, 6) is -0.491. The normalized spacial score (nSPS) is 27.5. The fourth-order valence-electron chi connectivity index (χ4n) is 3.10. The number of likely N-dealkylation sites (N-methyl/N-ethyl adjacent to an activating group) is 1. The van der Waals surface area contributed by atoms with Gasteiger partial charge in [0.05, 0.1) is 6.33 Å². The third-order valence-electron chi connectivity index (χ3n) is 3.99. The lowest BCUT2D eigenvalue weighted by atomic mass is 9.84. The molecule has 2 N–H and O–H groups in total. The number of aromatic nitrogens is 2. The van der Waals surface area contributed by atoms with Crippen LogP contribution in [0.4, 0.5) is 0 Å². The van der Waals surface area contributed by atoms with Crippen molar-refractivity contribution in [3.05, 3.63) is 18.7 Å². The standard InChI is InChI=1S/C13H21N3O2/c1-2-15-13(12(17)18)6-3-4-11(13)5-8-16-9-7-14-10-16/h7,9-11,15H,2-6,8H2,1H3,(H,17,18). The molecule has 5 heteroatoms. The molecular formula is C13H21N3O2. The minimum absolute atomic E-state index is 0.206. The topological polar surface area (TPSA) is 67.2 Å². The number of imidazole rings is 1. The number of rotatable bonds is 6. The third-order valence-corrected chi connectivity index (χ3v) is 3.99. The lowest BCUT2D eigenvalue weighted by molar-refractivity contribution is -0.146. The summed E-state index contributed by atoms with van der Waals surface area (Å²) in [5.41, 5.74) is -0.713. The molecule has 1 aliphatic carbocycles. The maximum absolute atomic E-state index is 11.6. The number of carbonyl (C=O) groups is 1. The smallest absolute Gasteiger partial charge is 0.324 e. The van der Waals surface area contributed by atoms with E-state index < -0.39 is 11.5 Å². The quantitative estimate of drug-likeness (QED) is 0.804. The van der Waals surface area contributed by atoms with Crippen molar-refractivity contribution in [2.45, 2.75) is 44.7 Å². The Morgan fingerprint density at radius 2 is 2.50 bits per heavy atom. The van der Waals surface area contributed by atoms with Crippen LogP contribution in [0.25, 0.3) is 0 Å². The molecule has 1 fully saturated rings. The fraction of sp³-hybridized carbons (Fsp3) is 0.692. The molecule has 0 radical (unpaired) electrons. The maximum atomic E-state index is 11.6. The molecule has 0 spiro atoms. The Morgan fingerprint density at radius 1 is 1.67 bits per heavy atom. The highest BCUT2D eigenvalue weighted by atomic mass is 16.4. The van der Waals surface area contributed by atoms with Gasteiger partial charge in [-0.15, -0.1) is 0 Å². The SMILES string of the molecule is CCNC1(C(=O)O)CCCC1CCn1ccnc1. The molecule has 0 bridgehead atoms. The minimum atomic E-state index is -0.713. The van der Waals surface area contributed by atoms with Crippen molar-refractivity contribution in [2.75, 3.05) is 6.54 Å². The van der Waals surface area contributed by atoms with Crippen LogP contribution < -0.4 is 5.32 Å². The fourth-order valence-corrected chi connectivity index (χ4v) is 3.10. The molecule has 1 aromatic rings. The summed E-state index contributed by atoms with van der Waals surface area (Å²) >= 11 is 0.